The monoisotopic (exact) mass is 248 g/mol. The summed E-state index contributed by atoms with van der Waals surface area (Å²) in [6.07, 6.45) is 0. The Morgan fingerprint density at radius 1 is 1.41 bits per heavy atom. The molecule has 0 atom stereocenters. The van der Waals surface area contributed by atoms with Crippen LogP contribution in [-0.2, 0) is 6.67 Å². The summed E-state index contributed by atoms with van der Waals surface area (Å²) in [4.78, 5) is 13.8. The molecule has 0 fully saturated rings. The van der Waals surface area contributed by atoms with Gasteiger partial charge in [-0.2, -0.15) is 5.10 Å². The van der Waals surface area contributed by atoms with Gasteiger partial charge in [-0.1, -0.05) is 18.2 Å². The van der Waals surface area contributed by atoms with Crippen LogP contribution in [0.3, 0.4) is 0 Å². The molecule has 0 amide bonds. The van der Waals surface area contributed by atoms with Crippen LogP contribution < -0.4 is 10.9 Å². The molecule has 0 saturated heterocycles. The van der Waals surface area contributed by atoms with Crippen molar-refractivity contribution in [1.29, 1.82) is 0 Å². The lowest BCUT2D eigenvalue weighted by Crippen LogP contribution is -2.22. The number of nitrogens with one attached hydrogen (secondary N) is 2. The highest BCUT2D eigenvalue weighted by Gasteiger charge is 1.99. The van der Waals surface area contributed by atoms with Gasteiger partial charge in [0.05, 0.1) is 0 Å². The average Bonchev–Trinajstić information content (AvgIpc) is 2.33. The summed E-state index contributed by atoms with van der Waals surface area (Å²) in [6, 6.07) is 9.71. The molecule has 1 aromatic heterocycles. The van der Waals surface area contributed by atoms with Crippen LogP contribution in [0.25, 0.3) is 0 Å². The van der Waals surface area contributed by atoms with E-state index in [1.165, 1.54) is 0 Å². The Labute approximate surface area is 103 Å². The first-order valence-electron chi connectivity index (χ1n) is 5.14. The van der Waals surface area contributed by atoms with Gasteiger partial charge in [0.1, 0.15) is 12.4 Å². The Hall–Kier alpha value is -1.95. The van der Waals surface area contributed by atoms with Crippen LogP contribution in [0.1, 0.15) is 5.69 Å². The van der Waals surface area contributed by atoms with Gasteiger partial charge in [-0.05, 0) is 31.3 Å². The van der Waals surface area contributed by atoms with Crippen LogP contribution in [0.4, 0.5) is 5.69 Å². The molecular formula is C11H12N4OS. The maximum absolute atomic E-state index is 11.2. The fraction of sp³-hybridized carbons (Fsp3) is 0.182. The quantitative estimate of drug-likeness (QED) is 0.811. The molecule has 0 bridgehead atoms. The number of para-hydroxylation sites is 1. The number of H-pyrrole nitrogens is 1. The van der Waals surface area contributed by atoms with Crippen molar-refractivity contribution in [2.24, 2.45) is 0 Å². The minimum atomic E-state index is -0.244. The Morgan fingerprint density at radius 2 is 2.12 bits per heavy atom. The molecule has 0 aliphatic rings. The second-order valence-electron chi connectivity index (χ2n) is 3.55. The number of hydrogen-bond acceptors (Lipinski definition) is 4. The molecule has 5 nitrogen and oxygen atoms in total. The first-order chi connectivity index (χ1) is 8.16. The predicted octanol–water partition coefficient (Wildman–Crippen LogP) is 1.68. The number of aryl methyl sites for hydroxylation is 1. The number of rotatable bonds is 3. The number of aromatic amines is 1. The van der Waals surface area contributed by atoms with Gasteiger partial charge in [0.25, 0.3) is 5.56 Å². The maximum Gasteiger partial charge on any atom is 0.273 e. The van der Waals surface area contributed by atoms with Crippen molar-refractivity contribution in [3.05, 3.63) is 51.2 Å². The SMILES string of the molecule is Cc1nn(CNc2ccccc2)c(=S)[nH]c1=O. The van der Waals surface area contributed by atoms with Crippen molar-refractivity contribution >= 4 is 17.9 Å². The number of nitrogens with zero attached hydrogens (tertiary/aromatic N) is 2. The second kappa shape index (κ2) is 4.92. The molecule has 2 rings (SSSR count). The maximum atomic E-state index is 11.2. The second-order valence-corrected chi connectivity index (χ2v) is 3.93. The molecule has 6 heteroatoms. The number of hydrogen-bond donors (Lipinski definition) is 2. The summed E-state index contributed by atoms with van der Waals surface area (Å²) in [5.41, 5.74) is 1.12. The van der Waals surface area contributed by atoms with Crippen LogP contribution in [-0.4, -0.2) is 14.8 Å². The van der Waals surface area contributed by atoms with E-state index in [4.69, 9.17) is 12.2 Å². The number of anilines is 1. The lowest BCUT2D eigenvalue weighted by molar-refractivity contribution is 0.602. The van der Waals surface area contributed by atoms with Crippen molar-refractivity contribution in [3.63, 3.8) is 0 Å². The fourth-order valence-corrected chi connectivity index (χ4v) is 1.55. The van der Waals surface area contributed by atoms with E-state index < -0.39 is 0 Å². The smallest absolute Gasteiger partial charge is 0.273 e. The fourth-order valence-electron chi connectivity index (χ4n) is 1.35. The molecule has 0 spiro atoms. The molecular weight excluding hydrogens is 236 g/mol. The molecule has 1 heterocycles. The first kappa shape index (κ1) is 11.5. The molecule has 1 aromatic carbocycles. The molecule has 17 heavy (non-hydrogen) atoms. The molecule has 0 aliphatic heterocycles. The molecule has 2 aromatic rings. The van der Waals surface area contributed by atoms with Gasteiger partial charge < -0.3 is 5.32 Å². The summed E-state index contributed by atoms with van der Waals surface area (Å²) >= 11 is 5.02. The van der Waals surface area contributed by atoms with Crippen molar-refractivity contribution in [1.82, 2.24) is 14.8 Å². The lowest BCUT2D eigenvalue weighted by Gasteiger charge is -2.08. The van der Waals surface area contributed by atoms with Crippen LogP contribution in [0, 0.1) is 11.7 Å². The van der Waals surface area contributed by atoms with Gasteiger partial charge in [0, 0.05) is 5.69 Å². The molecule has 0 saturated carbocycles. The highest BCUT2D eigenvalue weighted by Crippen LogP contribution is 2.04. The Balaban J connectivity index is 2.18. The Morgan fingerprint density at radius 3 is 2.82 bits per heavy atom. The normalized spacial score (nSPS) is 10.2. The average molecular weight is 248 g/mol. The van der Waals surface area contributed by atoms with Crippen LogP contribution >= 0.6 is 12.2 Å². The Kier molecular flexibility index (Phi) is 3.34. The van der Waals surface area contributed by atoms with E-state index >= 15 is 0 Å². The summed E-state index contributed by atoms with van der Waals surface area (Å²) in [6.45, 7) is 2.06. The molecule has 0 radical (unpaired) electrons. The number of benzene rings is 1. The van der Waals surface area contributed by atoms with E-state index in [2.05, 4.69) is 15.4 Å². The topological polar surface area (TPSA) is 62.7 Å². The van der Waals surface area contributed by atoms with Gasteiger partial charge in [-0.15, -0.1) is 0 Å². The zero-order valence-electron chi connectivity index (χ0n) is 9.30. The van der Waals surface area contributed by atoms with E-state index in [1.54, 1.807) is 11.6 Å². The minimum absolute atomic E-state index is 0.244. The molecule has 88 valence electrons. The van der Waals surface area contributed by atoms with Crippen molar-refractivity contribution in [2.75, 3.05) is 5.32 Å². The van der Waals surface area contributed by atoms with Crippen molar-refractivity contribution < 1.29 is 0 Å². The molecule has 2 N–H and O–H groups in total. The van der Waals surface area contributed by atoms with Crippen LogP contribution in [0.2, 0.25) is 0 Å². The third-order valence-corrected chi connectivity index (χ3v) is 2.57. The van der Waals surface area contributed by atoms with Crippen molar-refractivity contribution in [2.45, 2.75) is 13.6 Å². The summed E-state index contributed by atoms with van der Waals surface area (Å²) in [5, 5.41) is 7.25. The van der Waals surface area contributed by atoms with E-state index in [9.17, 15) is 4.79 Å². The summed E-state index contributed by atoms with van der Waals surface area (Å²) < 4.78 is 1.85. The highest BCUT2D eigenvalue weighted by atomic mass is 32.1. The third-order valence-electron chi connectivity index (χ3n) is 2.26. The Bertz CT molecular complexity index is 617. The molecule has 0 aliphatic carbocycles. The molecule has 0 unspecified atom stereocenters. The van der Waals surface area contributed by atoms with Gasteiger partial charge in [0.2, 0.25) is 0 Å². The van der Waals surface area contributed by atoms with Gasteiger partial charge in [0.15, 0.2) is 4.77 Å². The van der Waals surface area contributed by atoms with E-state index in [-0.39, 0.29) is 5.56 Å². The third kappa shape index (κ3) is 2.79. The summed E-state index contributed by atoms with van der Waals surface area (Å²) in [7, 11) is 0. The largest absolute Gasteiger partial charge is 0.366 e. The van der Waals surface area contributed by atoms with Crippen LogP contribution in [0.15, 0.2) is 35.1 Å². The lowest BCUT2D eigenvalue weighted by atomic mass is 10.3. The highest BCUT2D eigenvalue weighted by molar-refractivity contribution is 7.71. The van der Waals surface area contributed by atoms with E-state index in [0.717, 1.165) is 5.69 Å². The first-order valence-corrected chi connectivity index (χ1v) is 5.54. The zero-order chi connectivity index (χ0) is 12.3. The van der Waals surface area contributed by atoms with Gasteiger partial charge in [-0.25, -0.2) is 4.68 Å². The van der Waals surface area contributed by atoms with E-state index in [1.807, 2.05) is 30.3 Å². The van der Waals surface area contributed by atoms with E-state index in [0.29, 0.717) is 17.1 Å². The standard InChI is InChI=1S/C11H12N4OS/c1-8-10(16)13-11(17)15(14-8)7-12-9-5-3-2-4-6-9/h2-6,12H,7H2,1H3,(H,13,16,17). The minimum Gasteiger partial charge on any atom is -0.366 e. The number of aromatic nitrogens is 3. The zero-order valence-corrected chi connectivity index (χ0v) is 10.1. The predicted molar refractivity (Wildman–Crippen MR) is 68.5 cm³/mol. The van der Waals surface area contributed by atoms with Crippen molar-refractivity contribution in [3.8, 4) is 0 Å². The summed E-state index contributed by atoms with van der Waals surface area (Å²) in [5.74, 6) is 0. The van der Waals surface area contributed by atoms with Gasteiger partial charge >= 0.3 is 0 Å². The van der Waals surface area contributed by atoms with Crippen LogP contribution in [0.5, 0.6) is 0 Å². The van der Waals surface area contributed by atoms with Gasteiger partial charge in [-0.3, -0.25) is 9.78 Å².